The fourth-order valence-electron chi connectivity index (χ4n) is 3.05. The highest BCUT2D eigenvalue weighted by Crippen LogP contribution is 2.35. The number of halogens is 2. The van der Waals surface area contributed by atoms with Crippen LogP contribution in [0.25, 0.3) is 0 Å². The van der Waals surface area contributed by atoms with Gasteiger partial charge in [-0.1, -0.05) is 11.6 Å². The van der Waals surface area contributed by atoms with E-state index in [4.69, 9.17) is 16.3 Å². The molecule has 0 atom stereocenters. The van der Waals surface area contributed by atoms with Gasteiger partial charge in [0.2, 0.25) is 5.95 Å². The molecule has 0 saturated carbocycles. The number of nitro groups is 1. The molecule has 0 unspecified atom stereocenters. The number of rotatable bonds is 4. The fourth-order valence-corrected chi connectivity index (χ4v) is 3.43. The molecule has 1 fully saturated rings. The monoisotopic (exact) mass is 365 g/mol. The predicted octanol–water partition coefficient (Wildman–Crippen LogP) is 4.14. The molecule has 1 aliphatic rings. The summed E-state index contributed by atoms with van der Waals surface area (Å²) in [7, 11) is 0. The van der Waals surface area contributed by atoms with Gasteiger partial charge in [-0.25, -0.2) is 4.98 Å². The number of nitro benzene ring substituents is 1. The smallest absolute Gasteiger partial charge is 0.271 e. The Morgan fingerprint density at radius 3 is 2.64 bits per heavy atom. The molecule has 2 heterocycles. The fraction of sp³-hybridized carbons (Fsp3) is 0.353. The second kappa shape index (κ2) is 7.23. The Labute approximate surface area is 149 Å². The van der Waals surface area contributed by atoms with Gasteiger partial charge in [0.25, 0.3) is 5.69 Å². The van der Waals surface area contributed by atoms with Crippen molar-refractivity contribution in [3.63, 3.8) is 0 Å². The zero-order chi connectivity index (χ0) is 18.0. The molecule has 0 aliphatic carbocycles. The highest BCUT2D eigenvalue weighted by Gasteiger charge is 2.24. The van der Waals surface area contributed by atoms with Crippen molar-refractivity contribution in [2.45, 2.75) is 25.9 Å². The molecular weight excluding hydrogens is 349 g/mol. The Hall–Kier alpha value is -2.41. The minimum Gasteiger partial charge on any atom is -0.489 e. The van der Waals surface area contributed by atoms with E-state index in [2.05, 4.69) is 9.88 Å². The van der Waals surface area contributed by atoms with Crippen molar-refractivity contribution in [1.82, 2.24) is 4.98 Å². The second-order valence-electron chi connectivity index (χ2n) is 5.97. The second-order valence-corrected chi connectivity index (χ2v) is 6.38. The largest absolute Gasteiger partial charge is 0.489 e. The molecule has 0 amide bonds. The summed E-state index contributed by atoms with van der Waals surface area (Å²) in [6.45, 7) is 3.26. The molecule has 8 heteroatoms. The van der Waals surface area contributed by atoms with E-state index in [1.54, 1.807) is 6.07 Å². The van der Waals surface area contributed by atoms with Crippen molar-refractivity contribution in [3.05, 3.63) is 57.1 Å². The summed E-state index contributed by atoms with van der Waals surface area (Å²) in [6.07, 6.45) is 2.92. The molecule has 25 heavy (non-hydrogen) atoms. The molecule has 0 bridgehead atoms. The first kappa shape index (κ1) is 17.4. The van der Waals surface area contributed by atoms with Gasteiger partial charge in [0.05, 0.1) is 21.8 Å². The van der Waals surface area contributed by atoms with E-state index in [1.165, 1.54) is 24.4 Å². The molecule has 0 radical (unpaired) electrons. The van der Waals surface area contributed by atoms with Crippen LogP contribution in [0.5, 0.6) is 5.75 Å². The third-order valence-electron chi connectivity index (χ3n) is 4.21. The molecule has 1 aliphatic heterocycles. The minimum absolute atomic E-state index is 0.00622. The molecule has 6 nitrogen and oxygen atoms in total. The van der Waals surface area contributed by atoms with Gasteiger partial charge >= 0.3 is 0 Å². The van der Waals surface area contributed by atoms with Gasteiger partial charge in [-0.15, -0.1) is 0 Å². The topological polar surface area (TPSA) is 68.5 Å². The van der Waals surface area contributed by atoms with Gasteiger partial charge in [-0.3, -0.25) is 10.1 Å². The standard InChI is InChI=1S/C17H17ClFN3O3/c1-11-8-12(22(23)24)9-15(18)17(11)21-6-4-13(5-7-21)25-14-2-3-16(19)20-10-14/h2-3,8-10,13H,4-7H2,1H3. The first-order valence-corrected chi connectivity index (χ1v) is 8.29. The van der Waals surface area contributed by atoms with E-state index < -0.39 is 10.9 Å². The van der Waals surface area contributed by atoms with Crippen molar-refractivity contribution in [1.29, 1.82) is 0 Å². The molecule has 0 N–H and O–H groups in total. The summed E-state index contributed by atoms with van der Waals surface area (Å²) < 4.78 is 18.7. The number of hydrogen-bond donors (Lipinski definition) is 0. The SMILES string of the molecule is Cc1cc([N+](=O)[O-])cc(Cl)c1N1CCC(Oc2ccc(F)nc2)CC1. The Bertz CT molecular complexity index is 754. The van der Waals surface area contributed by atoms with Gasteiger partial charge in [-0.05, 0) is 24.6 Å². The third-order valence-corrected chi connectivity index (χ3v) is 4.50. The van der Waals surface area contributed by atoms with Crippen LogP contribution in [0.15, 0.2) is 30.5 Å². The quantitative estimate of drug-likeness (QED) is 0.462. The summed E-state index contributed by atoms with van der Waals surface area (Å²) in [6, 6.07) is 5.75. The lowest BCUT2D eigenvalue weighted by molar-refractivity contribution is -0.384. The average Bonchev–Trinajstić information content (AvgIpc) is 2.57. The highest BCUT2D eigenvalue weighted by molar-refractivity contribution is 6.33. The van der Waals surface area contributed by atoms with E-state index in [0.29, 0.717) is 10.8 Å². The van der Waals surface area contributed by atoms with Crippen LogP contribution >= 0.6 is 11.6 Å². The van der Waals surface area contributed by atoms with Gasteiger partial charge in [-0.2, -0.15) is 4.39 Å². The molecular formula is C17H17ClFN3O3. The summed E-state index contributed by atoms with van der Waals surface area (Å²) in [4.78, 5) is 16.2. The molecule has 2 aromatic rings. The molecule has 132 valence electrons. The van der Waals surface area contributed by atoms with Gasteiger partial charge in [0.1, 0.15) is 11.9 Å². The maximum absolute atomic E-state index is 12.8. The predicted molar refractivity (Wildman–Crippen MR) is 92.9 cm³/mol. The van der Waals surface area contributed by atoms with Crippen LogP contribution in [0, 0.1) is 23.0 Å². The Morgan fingerprint density at radius 2 is 2.08 bits per heavy atom. The van der Waals surface area contributed by atoms with E-state index in [-0.39, 0.29) is 11.8 Å². The zero-order valence-corrected chi connectivity index (χ0v) is 14.4. The van der Waals surface area contributed by atoms with E-state index in [1.807, 2.05) is 6.92 Å². The Balaban J connectivity index is 1.66. The van der Waals surface area contributed by atoms with E-state index >= 15 is 0 Å². The minimum atomic E-state index is -0.537. The number of pyridine rings is 1. The maximum Gasteiger partial charge on any atom is 0.271 e. The molecule has 1 aromatic carbocycles. The molecule has 3 rings (SSSR count). The van der Waals surface area contributed by atoms with Crippen LogP contribution in [0.1, 0.15) is 18.4 Å². The van der Waals surface area contributed by atoms with E-state index in [9.17, 15) is 14.5 Å². The number of anilines is 1. The zero-order valence-electron chi connectivity index (χ0n) is 13.6. The van der Waals surface area contributed by atoms with Crippen LogP contribution in [0.3, 0.4) is 0 Å². The van der Waals surface area contributed by atoms with Gasteiger partial charge < -0.3 is 9.64 Å². The third kappa shape index (κ3) is 3.99. The summed E-state index contributed by atoms with van der Waals surface area (Å²) in [5, 5.41) is 11.3. The van der Waals surface area contributed by atoms with Crippen LogP contribution in [0.4, 0.5) is 15.8 Å². The van der Waals surface area contributed by atoms with E-state index in [0.717, 1.165) is 37.2 Å². The molecule has 1 aromatic heterocycles. The normalized spacial score (nSPS) is 15.2. The lowest BCUT2D eigenvalue weighted by Gasteiger charge is -2.35. The summed E-state index contributed by atoms with van der Waals surface area (Å²) in [5.41, 5.74) is 1.60. The number of hydrogen-bond acceptors (Lipinski definition) is 5. The van der Waals surface area contributed by atoms with Crippen LogP contribution in [0.2, 0.25) is 5.02 Å². The van der Waals surface area contributed by atoms with Crippen molar-refractivity contribution >= 4 is 23.0 Å². The number of ether oxygens (including phenoxy) is 1. The molecule has 1 saturated heterocycles. The number of nitrogens with zero attached hydrogens (tertiary/aromatic N) is 3. The number of aromatic nitrogens is 1. The van der Waals surface area contributed by atoms with Crippen molar-refractivity contribution < 1.29 is 14.1 Å². The number of piperidine rings is 1. The Morgan fingerprint density at radius 1 is 1.36 bits per heavy atom. The number of non-ortho nitro benzene ring substituents is 1. The average molecular weight is 366 g/mol. The van der Waals surface area contributed by atoms with Crippen LogP contribution < -0.4 is 9.64 Å². The Kier molecular flexibility index (Phi) is 5.03. The maximum atomic E-state index is 12.8. The molecule has 0 spiro atoms. The highest BCUT2D eigenvalue weighted by atomic mass is 35.5. The van der Waals surface area contributed by atoms with Crippen LogP contribution in [-0.4, -0.2) is 29.1 Å². The summed E-state index contributed by atoms with van der Waals surface area (Å²) >= 11 is 6.27. The first-order valence-electron chi connectivity index (χ1n) is 7.91. The van der Waals surface area contributed by atoms with Gasteiger partial charge in [0, 0.05) is 38.1 Å². The van der Waals surface area contributed by atoms with Crippen molar-refractivity contribution in [2.75, 3.05) is 18.0 Å². The lowest BCUT2D eigenvalue weighted by Crippen LogP contribution is -2.38. The number of aryl methyl sites for hydroxylation is 1. The first-order chi connectivity index (χ1) is 11.9. The summed E-state index contributed by atoms with van der Waals surface area (Å²) in [5.74, 6) is 0.00913. The van der Waals surface area contributed by atoms with Crippen molar-refractivity contribution in [3.8, 4) is 5.75 Å². The number of benzene rings is 1. The van der Waals surface area contributed by atoms with Crippen molar-refractivity contribution in [2.24, 2.45) is 0 Å². The lowest BCUT2D eigenvalue weighted by atomic mass is 10.0. The van der Waals surface area contributed by atoms with Crippen LogP contribution in [-0.2, 0) is 0 Å². The van der Waals surface area contributed by atoms with Gasteiger partial charge in [0.15, 0.2) is 0 Å².